The molecule has 5 aromatic heterocycles. The van der Waals surface area contributed by atoms with Gasteiger partial charge in [-0.15, -0.1) is 0 Å². The van der Waals surface area contributed by atoms with Crippen molar-refractivity contribution < 1.29 is 0 Å². The average molecular weight is 732 g/mol. The van der Waals surface area contributed by atoms with E-state index in [1.165, 1.54) is 5.39 Å². The van der Waals surface area contributed by atoms with Crippen LogP contribution >= 0.6 is 11.8 Å². The third kappa shape index (κ3) is 3.88. The van der Waals surface area contributed by atoms with E-state index in [9.17, 15) is 10.5 Å². The molecule has 0 atom stereocenters. The highest BCUT2D eigenvalue weighted by molar-refractivity contribution is 7.99. The van der Waals surface area contributed by atoms with Crippen LogP contribution in [0.4, 0.5) is 0 Å². The lowest BCUT2D eigenvalue weighted by atomic mass is 9.67. The molecule has 7 nitrogen and oxygen atoms in total. The van der Waals surface area contributed by atoms with Crippen molar-refractivity contribution in [1.29, 1.82) is 10.5 Å². The molecule has 1 aliphatic carbocycles. The summed E-state index contributed by atoms with van der Waals surface area (Å²) < 4.78 is 4.63. The van der Waals surface area contributed by atoms with Crippen LogP contribution in [-0.2, 0) is 5.41 Å². The summed E-state index contributed by atoms with van der Waals surface area (Å²) in [6.45, 7) is 0. The van der Waals surface area contributed by atoms with E-state index < -0.39 is 5.41 Å². The Balaban J connectivity index is 1.20. The average Bonchev–Trinajstić information content (AvgIpc) is 3.87. The zero-order valence-corrected chi connectivity index (χ0v) is 30.3. The molecule has 12 rings (SSSR count). The molecule has 0 amide bonds. The van der Waals surface area contributed by atoms with E-state index in [1.54, 1.807) is 11.8 Å². The quantitative estimate of drug-likeness (QED) is 0.176. The van der Waals surface area contributed by atoms with Gasteiger partial charge in [0.15, 0.2) is 0 Å². The number of para-hydroxylation sites is 1. The molecule has 0 saturated heterocycles. The van der Waals surface area contributed by atoms with Crippen molar-refractivity contribution in [3.05, 3.63) is 186 Å². The summed E-state index contributed by atoms with van der Waals surface area (Å²) in [5.74, 6) is 0. The number of aromatic nitrogens is 5. The van der Waals surface area contributed by atoms with Crippen LogP contribution in [0.2, 0.25) is 0 Å². The van der Waals surface area contributed by atoms with E-state index in [0.717, 1.165) is 93.0 Å². The van der Waals surface area contributed by atoms with Gasteiger partial charge in [-0.3, -0.25) is 15.0 Å². The lowest BCUT2D eigenvalue weighted by Gasteiger charge is -2.41. The van der Waals surface area contributed by atoms with E-state index >= 15 is 0 Å². The Morgan fingerprint density at radius 1 is 0.518 bits per heavy atom. The maximum atomic E-state index is 9.93. The molecule has 0 saturated carbocycles. The number of hydrogen-bond donors (Lipinski definition) is 0. The van der Waals surface area contributed by atoms with Gasteiger partial charge in [0.05, 0.1) is 74.0 Å². The third-order valence-electron chi connectivity index (χ3n) is 11.6. The van der Waals surface area contributed by atoms with Gasteiger partial charge in [-0.1, -0.05) is 54.2 Å². The molecule has 258 valence electrons. The minimum absolute atomic E-state index is 0.570. The van der Waals surface area contributed by atoms with Gasteiger partial charge < -0.3 is 9.13 Å². The lowest BCUT2D eigenvalue weighted by Crippen LogP contribution is -2.33. The van der Waals surface area contributed by atoms with E-state index in [4.69, 9.17) is 9.97 Å². The fraction of sp³-hybridized carbons (Fsp3) is 0.0208. The Kier molecular flexibility index (Phi) is 6.21. The zero-order valence-electron chi connectivity index (χ0n) is 29.5. The molecule has 0 radical (unpaired) electrons. The number of rotatable bonds is 2. The van der Waals surface area contributed by atoms with Crippen molar-refractivity contribution in [2.45, 2.75) is 15.2 Å². The summed E-state index contributed by atoms with van der Waals surface area (Å²) in [7, 11) is 0. The molecule has 1 spiro atoms. The molecule has 2 aliphatic rings. The largest absolute Gasteiger partial charge is 0.309 e. The van der Waals surface area contributed by atoms with Crippen LogP contribution in [0.1, 0.15) is 33.4 Å². The van der Waals surface area contributed by atoms with Crippen molar-refractivity contribution >= 4 is 55.4 Å². The second-order valence-electron chi connectivity index (χ2n) is 14.3. The lowest BCUT2D eigenvalue weighted by molar-refractivity contribution is 0.712. The van der Waals surface area contributed by atoms with Crippen LogP contribution in [0.25, 0.3) is 66.4 Å². The monoisotopic (exact) mass is 731 g/mol. The highest BCUT2D eigenvalue weighted by atomic mass is 32.2. The molecule has 0 bridgehead atoms. The van der Waals surface area contributed by atoms with Gasteiger partial charge in [0.2, 0.25) is 0 Å². The van der Waals surface area contributed by atoms with Gasteiger partial charge in [0, 0.05) is 61.2 Å². The first-order valence-corrected chi connectivity index (χ1v) is 19.1. The second-order valence-corrected chi connectivity index (χ2v) is 15.3. The number of nitrogens with zero attached hydrogens (tertiary/aromatic N) is 7. The summed E-state index contributed by atoms with van der Waals surface area (Å²) in [6.07, 6.45) is 7.52. The third-order valence-corrected chi connectivity index (χ3v) is 12.7. The van der Waals surface area contributed by atoms with Crippen molar-refractivity contribution in [1.82, 2.24) is 24.1 Å². The Morgan fingerprint density at radius 3 is 1.91 bits per heavy atom. The second kappa shape index (κ2) is 11.3. The van der Waals surface area contributed by atoms with E-state index in [-0.39, 0.29) is 0 Å². The van der Waals surface area contributed by atoms with E-state index in [1.807, 2.05) is 73.3 Å². The standard InChI is InChI=1S/C48H25N7S/c49-25-28-12-16-39-33(22-28)34-23-29(26-50)13-17-40(34)55(39)41-10-3-11-43-45(41)48(36-7-4-19-52-46(36)47-37(48)8-5-20-53-47)35-15-14-30(24-44(35)56-43)54-38-9-2-1-6-31(38)32-18-21-51-27-42(32)54/h1-24,27H. The first-order chi connectivity index (χ1) is 27.7. The molecule has 10 aromatic rings. The highest BCUT2D eigenvalue weighted by Gasteiger charge is 2.53. The molecule has 6 heterocycles. The predicted octanol–water partition coefficient (Wildman–Crippen LogP) is 10.6. The number of pyridine rings is 3. The van der Waals surface area contributed by atoms with Gasteiger partial charge in [-0.05, 0) is 102 Å². The smallest absolute Gasteiger partial charge is 0.0991 e. The van der Waals surface area contributed by atoms with E-state index in [0.29, 0.717) is 11.1 Å². The molecule has 1 aliphatic heterocycles. The predicted molar refractivity (Wildman–Crippen MR) is 219 cm³/mol. The number of benzene rings is 5. The Labute approximate surface area is 324 Å². The van der Waals surface area contributed by atoms with Crippen molar-refractivity contribution in [2.75, 3.05) is 0 Å². The van der Waals surface area contributed by atoms with Crippen LogP contribution in [0.15, 0.2) is 162 Å². The summed E-state index contributed by atoms with van der Waals surface area (Å²) in [5, 5.41) is 24.1. The summed E-state index contributed by atoms with van der Waals surface area (Å²) >= 11 is 1.78. The van der Waals surface area contributed by atoms with Gasteiger partial charge in [-0.25, -0.2) is 0 Å². The molecule has 0 N–H and O–H groups in total. The van der Waals surface area contributed by atoms with Gasteiger partial charge in [-0.2, -0.15) is 10.5 Å². The molecular formula is C48H25N7S. The van der Waals surface area contributed by atoms with Gasteiger partial charge >= 0.3 is 0 Å². The van der Waals surface area contributed by atoms with Gasteiger partial charge in [0.25, 0.3) is 0 Å². The van der Waals surface area contributed by atoms with E-state index in [2.05, 4.69) is 105 Å². The molecule has 8 heteroatoms. The molecular weight excluding hydrogens is 707 g/mol. The van der Waals surface area contributed by atoms with Crippen LogP contribution in [0, 0.1) is 22.7 Å². The molecule has 0 unspecified atom stereocenters. The first kappa shape index (κ1) is 30.9. The fourth-order valence-corrected chi connectivity index (χ4v) is 10.7. The Hall–Kier alpha value is -7.52. The summed E-state index contributed by atoms with van der Waals surface area (Å²) in [6, 6.07) is 48.9. The Bertz CT molecular complexity index is 3280. The number of hydrogen-bond acceptors (Lipinski definition) is 6. The number of nitriles is 2. The summed E-state index contributed by atoms with van der Waals surface area (Å²) in [5.41, 5.74) is 12.7. The first-order valence-electron chi connectivity index (χ1n) is 18.3. The fourth-order valence-electron chi connectivity index (χ4n) is 9.48. The number of fused-ring (bicyclic) bond motifs is 15. The zero-order chi connectivity index (χ0) is 37.1. The van der Waals surface area contributed by atoms with Gasteiger partial charge in [0.1, 0.15) is 0 Å². The topological polar surface area (TPSA) is 96.1 Å². The summed E-state index contributed by atoms with van der Waals surface area (Å²) in [4.78, 5) is 16.8. The SMILES string of the molecule is N#Cc1ccc2c(c1)c1cc(C#N)ccc1n2-c1cccc2c1C1(c3ccc(-n4c5ccccc5c5ccncc54)cc3S2)c2cccnc2-c2ncccc21. The van der Waals surface area contributed by atoms with Crippen LogP contribution in [0.5, 0.6) is 0 Å². The Morgan fingerprint density at radius 2 is 1.20 bits per heavy atom. The highest BCUT2D eigenvalue weighted by Crippen LogP contribution is 2.63. The van der Waals surface area contributed by atoms with Crippen molar-refractivity contribution in [3.8, 4) is 34.9 Å². The maximum absolute atomic E-state index is 9.93. The van der Waals surface area contributed by atoms with Crippen molar-refractivity contribution in [3.63, 3.8) is 0 Å². The van der Waals surface area contributed by atoms with Crippen LogP contribution in [-0.4, -0.2) is 24.1 Å². The maximum Gasteiger partial charge on any atom is 0.0991 e. The molecule has 0 fully saturated rings. The molecule has 56 heavy (non-hydrogen) atoms. The van der Waals surface area contributed by atoms with Crippen LogP contribution < -0.4 is 0 Å². The normalized spacial score (nSPS) is 13.4. The molecule has 5 aromatic carbocycles. The van der Waals surface area contributed by atoms with Crippen LogP contribution in [0.3, 0.4) is 0 Å². The van der Waals surface area contributed by atoms with Crippen molar-refractivity contribution in [2.24, 2.45) is 0 Å². The minimum atomic E-state index is -0.775. The minimum Gasteiger partial charge on any atom is -0.309 e.